The van der Waals surface area contributed by atoms with E-state index in [-0.39, 0.29) is 12.0 Å². The number of likely N-dealkylation sites (tertiary alicyclic amines) is 1. The maximum atomic E-state index is 12.5. The van der Waals surface area contributed by atoms with Gasteiger partial charge in [-0.05, 0) is 31.0 Å². The minimum Gasteiger partial charge on any atom is -0.471 e. The van der Waals surface area contributed by atoms with Gasteiger partial charge in [0.25, 0.3) is 5.91 Å². The number of ether oxygens (including phenoxy) is 1. The summed E-state index contributed by atoms with van der Waals surface area (Å²) in [6.45, 7) is 1.26. The molecule has 2 aromatic rings. The fourth-order valence-corrected chi connectivity index (χ4v) is 2.66. The number of anilines is 1. The number of aromatic nitrogens is 3. The molecule has 24 heavy (non-hydrogen) atoms. The highest BCUT2D eigenvalue weighted by atomic mass is 16.5. The number of rotatable bonds is 4. The molecule has 1 saturated heterocycles. The predicted molar refractivity (Wildman–Crippen MR) is 90.1 cm³/mol. The minimum atomic E-state index is -0.0779. The van der Waals surface area contributed by atoms with Crippen molar-refractivity contribution >= 4 is 11.7 Å². The van der Waals surface area contributed by atoms with Gasteiger partial charge in [-0.3, -0.25) is 9.78 Å². The van der Waals surface area contributed by atoms with Crippen molar-refractivity contribution < 1.29 is 9.53 Å². The number of pyridine rings is 1. The van der Waals surface area contributed by atoms with Crippen molar-refractivity contribution in [3.8, 4) is 5.88 Å². The van der Waals surface area contributed by atoms with E-state index in [1.54, 1.807) is 23.2 Å². The van der Waals surface area contributed by atoms with Gasteiger partial charge in [0.15, 0.2) is 5.82 Å². The molecule has 2 aromatic heterocycles. The molecular formula is C17H21N5O2. The molecular weight excluding hydrogens is 306 g/mol. The van der Waals surface area contributed by atoms with E-state index in [0.717, 1.165) is 25.2 Å². The molecule has 7 heteroatoms. The van der Waals surface area contributed by atoms with E-state index < -0.39 is 0 Å². The van der Waals surface area contributed by atoms with Crippen LogP contribution in [0.25, 0.3) is 0 Å². The molecule has 1 aliphatic heterocycles. The van der Waals surface area contributed by atoms with E-state index in [1.807, 2.05) is 37.2 Å². The van der Waals surface area contributed by atoms with E-state index in [9.17, 15) is 4.79 Å². The molecule has 0 bridgehead atoms. The summed E-state index contributed by atoms with van der Waals surface area (Å²) in [4.78, 5) is 20.3. The average molecular weight is 327 g/mol. The van der Waals surface area contributed by atoms with E-state index in [0.29, 0.717) is 18.1 Å². The van der Waals surface area contributed by atoms with Gasteiger partial charge in [-0.25, -0.2) is 0 Å². The first-order valence-electron chi connectivity index (χ1n) is 8.01. The molecule has 1 amide bonds. The molecule has 0 aliphatic carbocycles. The number of carbonyl (C=O) groups is 1. The van der Waals surface area contributed by atoms with Crippen LogP contribution in [0.1, 0.15) is 23.3 Å². The lowest BCUT2D eigenvalue weighted by atomic mass is 10.1. The Morgan fingerprint density at radius 2 is 2.12 bits per heavy atom. The number of nitrogens with zero attached hydrogens (tertiary/aromatic N) is 5. The quantitative estimate of drug-likeness (QED) is 0.850. The van der Waals surface area contributed by atoms with Crippen LogP contribution in [-0.4, -0.2) is 59.3 Å². The molecule has 1 aliphatic rings. The number of carbonyl (C=O) groups excluding carboxylic acids is 1. The zero-order valence-electron chi connectivity index (χ0n) is 13.9. The Morgan fingerprint density at radius 1 is 1.25 bits per heavy atom. The number of amides is 1. The lowest BCUT2D eigenvalue weighted by Gasteiger charge is -2.32. The smallest absolute Gasteiger partial charge is 0.272 e. The van der Waals surface area contributed by atoms with Crippen molar-refractivity contribution in [3.63, 3.8) is 0 Å². The first-order valence-corrected chi connectivity index (χ1v) is 8.01. The summed E-state index contributed by atoms with van der Waals surface area (Å²) in [5, 5.41) is 8.20. The maximum absolute atomic E-state index is 12.5. The van der Waals surface area contributed by atoms with Gasteiger partial charge in [-0.1, -0.05) is 6.07 Å². The van der Waals surface area contributed by atoms with E-state index in [2.05, 4.69) is 15.2 Å². The number of hydrogen-bond acceptors (Lipinski definition) is 6. The Hall–Kier alpha value is -2.70. The molecule has 0 saturated carbocycles. The molecule has 0 aromatic carbocycles. The van der Waals surface area contributed by atoms with Crippen LogP contribution in [0.3, 0.4) is 0 Å². The highest BCUT2D eigenvalue weighted by Gasteiger charge is 2.26. The van der Waals surface area contributed by atoms with Crippen molar-refractivity contribution in [1.29, 1.82) is 0 Å². The summed E-state index contributed by atoms with van der Waals surface area (Å²) in [6, 6.07) is 9.02. The van der Waals surface area contributed by atoms with Gasteiger partial charge in [0, 0.05) is 32.9 Å². The van der Waals surface area contributed by atoms with Gasteiger partial charge in [0.05, 0.1) is 6.54 Å². The van der Waals surface area contributed by atoms with Gasteiger partial charge in [0.1, 0.15) is 11.8 Å². The highest BCUT2D eigenvalue weighted by molar-refractivity contribution is 5.92. The maximum Gasteiger partial charge on any atom is 0.272 e. The fraction of sp³-hybridized carbons (Fsp3) is 0.412. The lowest BCUT2D eigenvalue weighted by molar-refractivity contribution is 0.0520. The van der Waals surface area contributed by atoms with Crippen LogP contribution in [0, 0.1) is 0 Å². The average Bonchev–Trinajstić information content (AvgIpc) is 2.62. The van der Waals surface area contributed by atoms with Crippen molar-refractivity contribution in [2.45, 2.75) is 18.9 Å². The van der Waals surface area contributed by atoms with Crippen molar-refractivity contribution in [2.24, 2.45) is 0 Å². The van der Waals surface area contributed by atoms with E-state index in [1.165, 1.54) is 0 Å². The number of piperidine rings is 1. The summed E-state index contributed by atoms with van der Waals surface area (Å²) < 4.78 is 5.90. The second-order valence-corrected chi connectivity index (χ2v) is 5.97. The van der Waals surface area contributed by atoms with E-state index in [4.69, 9.17) is 4.74 Å². The summed E-state index contributed by atoms with van der Waals surface area (Å²) in [7, 11) is 3.82. The summed E-state index contributed by atoms with van der Waals surface area (Å²) in [5.74, 6) is 1.20. The molecule has 126 valence electrons. The molecule has 0 spiro atoms. The van der Waals surface area contributed by atoms with Crippen LogP contribution in [-0.2, 0) is 0 Å². The Morgan fingerprint density at radius 3 is 2.79 bits per heavy atom. The highest BCUT2D eigenvalue weighted by Crippen LogP contribution is 2.18. The van der Waals surface area contributed by atoms with Gasteiger partial charge < -0.3 is 14.5 Å². The van der Waals surface area contributed by atoms with Crippen LogP contribution in [0.5, 0.6) is 5.88 Å². The third-order valence-corrected chi connectivity index (χ3v) is 3.92. The molecule has 1 unspecified atom stereocenters. The SMILES string of the molecule is CN(C)c1ccc(OC2CCCN(C(=O)c3ccccn3)C2)nn1. The minimum absolute atomic E-state index is 0.0575. The van der Waals surface area contributed by atoms with E-state index >= 15 is 0 Å². The number of hydrogen-bond donors (Lipinski definition) is 0. The first-order chi connectivity index (χ1) is 11.6. The van der Waals surface area contributed by atoms with Crippen LogP contribution >= 0.6 is 0 Å². The Kier molecular flexibility index (Phi) is 4.88. The standard InChI is InChI=1S/C17H21N5O2/c1-21(2)15-8-9-16(20-19-15)24-13-6-5-11-22(12-13)17(23)14-7-3-4-10-18-14/h3-4,7-10,13H,5-6,11-12H2,1-2H3. The molecule has 1 atom stereocenters. The molecule has 0 N–H and O–H groups in total. The molecule has 7 nitrogen and oxygen atoms in total. The van der Waals surface area contributed by atoms with Crippen LogP contribution < -0.4 is 9.64 Å². The largest absolute Gasteiger partial charge is 0.471 e. The van der Waals surface area contributed by atoms with Crippen LogP contribution in [0.4, 0.5) is 5.82 Å². The normalized spacial score (nSPS) is 17.4. The van der Waals surface area contributed by atoms with Gasteiger partial charge in [-0.15, -0.1) is 10.2 Å². The monoisotopic (exact) mass is 327 g/mol. The topological polar surface area (TPSA) is 71.5 Å². The first kappa shape index (κ1) is 16.2. The van der Waals surface area contributed by atoms with Gasteiger partial charge >= 0.3 is 0 Å². The molecule has 0 radical (unpaired) electrons. The van der Waals surface area contributed by atoms with Crippen molar-refractivity contribution in [1.82, 2.24) is 20.1 Å². The third kappa shape index (κ3) is 3.79. The van der Waals surface area contributed by atoms with Gasteiger partial charge in [0.2, 0.25) is 5.88 Å². The van der Waals surface area contributed by atoms with Crippen molar-refractivity contribution in [2.75, 3.05) is 32.1 Å². The van der Waals surface area contributed by atoms with Crippen molar-refractivity contribution in [3.05, 3.63) is 42.2 Å². The Balaban J connectivity index is 1.62. The predicted octanol–water partition coefficient (Wildman–Crippen LogP) is 1.62. The molecule has 3 heterocycles. The third-order valence-electron chi connectivity index (χ3n) is 3.92. The molecule has 1 fully saturated rings. The Bertz CT molecular complexity index is 675. The van der Waals surface area contributed by atoms with Gasteiger partial charge in [-0.2, -0.15) is 0 Å². The second kappa shape index (κ2) is 7.25. The summed E-state index contributed by atoms with van der Waals surface area (Å²) >= 11 is 0. The second-order valence-electron chi connectivity index (χ2n) is 5.97. The zero-order valence-corrected chi connectivity index (χ0v) is 13.9. The summed E-state index contributed by atoms with van der Waals surface area (Å²) in [5.41, 5.74) is 0.466. The van der Waals surface area contributed by atoms with Crippen LogP contribution in [0.15, 0.2) is 36.5 Å². The zero-order chi connectivity index (χ0) is 16.9. The fourth-order valence-electron chi connectivity index (χ4n) is 2.66. The lowest BCUT2D eigenvalue weighted by Crippen LogP contribution is -2.44. The molecule has 3 rings (SSSR count). The summed E-state index contributed by atoms with van der Waals surface area (Å²) in [6.07, 6.45) is 3.34. The van der Waals surface area contributed by atoms with Crippen LogP contribution in [0.2, 0.25) is 0 Å². The Labute approximate surface area is 141 Å².